The minimum Gasteiger partial charge on any atom is -0.497 e. The molecule has 2 aromatic rings. The Kier molecular flexibility index (Phi) is 5.76. The van der Waals surface area contributed by atoms with Gasteiger partial charge >= 0.3 is 0 Å². The largest absolute Gasteiger partial charge is 0.497 e. The van der Waals surface area contributed by atoms with Crippen LogP contribution < -0.4 is 19.1 Å². The molecule has 7 nitrogen and oxygen atoms in total. The van der Waals surface area contributed by atoms with E-state index >= 15 is 0 Å². The molecule has 0 aromatic heterocycles. The van der Waals surface area contributed by atoms with Gasteiger partial charge in [0.05, 0.1) is 29.9 Å². The fourth-order valence-electron chi connectivity index (χ4n) is 2.86. The summed E-state index contributed by atoms with van der Waals surface area (Å²) in [4.78, 5) is 4.56. The molecule has 0 amide bonds. The van der Waals surface area contributed by atoms with Crippen molar-refractivity contribution in [3.8, 4) is 11.5 Å². The average Bonchev–Trinajstić information content (AvgIpc) is 2.65. The van der Waals surface area contributed by atoms with Crippen LogP contribution in [-0.2, 0) is 10.0 Å². The van der Waals surface area contributed by atoms with Gasteiger partial charge in [0, 0.05) is 19.2 Å². The standard InChI is InChI=1S/C19H25N3O4S/c1-21(2)10-11-22-12-13-26-19-14-15(4-9-18(19)22)20-27(23,24)17-7-5-16(25-3)6-8-17/h4-9,14,20H,10-13H2,1-3H3. The van der Waals surface area contributed by atoms with Gasteiger partial charge in [-0.1, -0.05) is 0 Å². The van der Waals surface area contributed by atoms with Crippen LogP contribution in [0.2, 0.25) is 0 Å². The van der Waals surface area contributed by atoms with Gasteiger partial charge in [0.15, 0.2) is 0 Å². The molecule has 0 radical (unpaired) electrons. The van der Waals surface area contributed by atoms with Crippen LogP contribution >= 0.6 is 0 Å². The van der Waals surface area contributed by atoms with Gasteiger partial charge in [0.1, 0.15) is 18.1 Å². The molecule has 8 heteroatoms. The summed E-state index contributed by atoms with van der Waals surface area (Å²) in [6.45, 7) is 3.22. The van der Waals surface area contributed by atoms with Crippen molar-refractivity contribution in [3.63, 3.8) is 0 Å². The number of rotatable bonds is 7. The number of nitrogens with one attached hydrogen (secondary N) is 1. The summed E-state index contributed by atoms with van der Waals surface area (Å²) < 4.78 is 38.6. The van der Waals surface area contributed by atoms with Gasteiger partial charge in [-0.05, 0) is 50.5 Å². The second-order valence-electron chi connectivity index (χ2n) is 6.60. The molecule has 3 rings (SSSR count). The molecular weight excluding hydrogens is 366 g/mol. The lowest BCUT2D eigenvalue weighted by Crippen LogP contribution is -2.37. The van der Waals surface area contributed by atoms with E-state index in [-0.39, 0.29) is 4.90 Å². The van der Waals surface area contributed by atoms with Gasteiger partial charge in [-0.25, -0.2) is 8.42 Å². The first-order valence-corrected chi connectivity index (χ1v) is 10.2. The first-order chi connectivity index (χ1) is 12.9. The van der Waals surface area contributed by atoms with Crippen molar-refractivity contribution in [2.45, 2.75) is 4.90 Å². The molecule has 0 unspecified atom stereocenters. The van der Waals surface area contributed by atoms with E-state index in [2.05, 4.69) is 14.5 Å². The van der Waals surface area contributed by atoms with Crippen LogP contribution in [0.4, 0.5) is 11.4 Å². The Bertz CT molecular complexity index is 882. The molecule has 1 aliphatic heterocycles. The number of methoxy groups -OCH3 is 1. The number of benzene rings is 2. The maximum atomic E-state index is 12.6. The quantitative estimate of drug-likeness (QED) is 0.781. The Balaban J connectivity index is 1.78. The lowest BCUT2D eigenvalue weighted by atomic mass is 10.2. The van der Waals surface area contributed by atoms with Crippen LogP contribution in [-0.4, -0.2) is 60.8 Å². The predicted octanol–water partition coefficient (Wildman–Crippen LogP) is 2.26. The number of anilines is 2. The molecule has 0 saturated heterocycles. The normalized spacial score (nSPS) is 13.9. The molecular formula is C19H25N3O4S. The molecule has 1 N–H and O–H groups in total. The zero-order valence-electron chi connectivity index (χ0n) is 15.8. The van der Waals surface area contributed by atoms with Gasteiger partial charge in [-0.15, -0.1) is 0 Å². The summed E-state index contributed by atoms with van der Waals surface area (Å²) in [6, 6.07) is 11.7. The lowest BCUT2D eigenvalue weighted by molar-refractivity contribution is 0.303. The van der Waals surface area contributed by atoms with Crippen molar-refractivity contribution < 1.29 is 17.9 Å². The highest BCUT2D eigenvalue weighted by atomic mass is 32.2. The summed E-state index contributed by atoms with van der Waals surface area (Å²) in [7, 11) is 1.94. The number of nitrogens with zero attached hydrogens (tertiary/aromatic N) is 2. The maximum Gasteiger partial charge on any atom is 0.261 e. The van der Waals surface area contributed by atoms with Crippen molar-refractivity contribution in [2.24, 2.45) is 0 Å². The minimum absolute atomic E-state index is 0.176. The molecule has 27 heavy (non-hydrogen) atoms. The summed E-state index contributed by atoms with van der Waals surface area (Å²) >= 11 is 0. The Morgan fingerprint density at radius 3 is 2.59 bits per heavy atom. The van der Waals surface area contributed by atoms with Crippen LogP contribution in [0.25, 0.3) is 0 Å². The van der Waals surface area contributed by atoms with Gasteiger partial charge in [-0.3, -0.25) is 4.72 Å². The first kappa shape index (κ1) is 19.3. The molecule has 0 atom stereocenters. The van der Waals surface area contributed by atoms with E-state index in [1.807, 2.05) is 20.2 Å². The van der Waals surface area contributed by atoms with Crippen LogP contribution in [0.15, 0.2) is 47.4 Å². The number of fused-ring (bicyclic) bond motifs is 1. The van der Waals surface area contributed by atoms with Crippen molar-refractivity contribution in [3.05, 3.63) is 42.5 Å². The van der Waals surface area contributed by atoms with Crippen molar-refractivity contribution in [2.75, 3.05) is 57.1 Å². The average molecular weight is 391 g/mol. The fraction of sp³-hybridized carbons (Fsp3) is 0.368. The third-order valence-corrected chi connectivity index (χ3v) is 5.76. The molecule has 0 bridgehead atoms. The van der Waals surface area contributed by atoms with Crippen molar-refractivity contribution >= 4 is 21.4 Å². The molecule has 0 aliphatic carbocycles. The van der Waals surface area contributed by atoms with E-state index in [4.69, 9.17) is 9.47 Å². The van der Waals surface area contributed by atoms with Crippen LogP contribution in [0, 0.1) is 0 Å². The highest BCUT2D eigenvalue weighted by Crippen LogP contribution is 2.34. The number of hydrogen-bond acceptors (Lipinski definition) is 6. The predicted molar refractivity (Wildman–Crippen MR) is 107 cm³/mol. The minimum atomic E-state index is -3.68. The molecule has 0 saturated carbocycles. The smallest absolute Gasteiger partial charge is 0.261 e. The summed E-state index contributed by atoms with van der Waals surface area (Å²) in [5.41, 5.74) is 1.45. The zero-order valence-corrected chi connectivity index (χ0v) is 16.6. The van der Waals surface area contributed by atoms with E-state index in [0.29, 0.717) is 23.8 Å². The lowest BCUT2D eigenvalue weighted by Gasteiger charge is -2.32. The topological polar surface area (TPSA) is 71.1 Å². The van der Waals surface area contributed by atoms with Crippen LogP contribution in [0.1, 0.15) is 0 Å². The van der Waals surface area contributed by atoms with E-state index in [9.17, 15) is 8.42 Å². The second-order valence-corrected chi connectivity index (χ2v) is 8.28. The Hall–Kier alpha value is -2.45. The van der Waals surface area contributed by atoms with E-state index in [0.717, 1.165) is 25.3 Å². The third kappa shape index (κ3) is 4.64. The molecule has 1 heterocycles. The molecule has 0 fully saturated rings. The van der Waals surface area contributed by atoms with Gasteiger partial charge in [-0.2, -0.15) is 0 Å². The van der Waals surface area contributed by atoms with Gasteiger partial charge in [0.2, 0.25) is 0 Å². The summed E-state index contributed by atoms with van der Waals surface area (Å²) in [6.07, 6.45) is 0. The number of hydrogen-bond donors (Lipinski definition) is 1. The first-order valence-electron chi connectivity index (χ1n) is 8.72. The van der Waals surface area contributed by atoms with Crippen molar-refractivity contribution in [1.82, 2.24) is 4.90 Å². The summed E-state index contributed by atoms with van der Waals surface area (Å²) in [5, 5.41) is 0. The van der Waals surface area contributed by atoms with E-state index in [1.165, 1.54) is 19.2 Å². The molecule has 2 aromatic carbocycles. The second kappa shape index (κ2) is 8.06. The maximum absolute atomic E-state index is 12.6. The Morgan fingerprint density at radius 2 is 1.93 bits per heavy atom. The van der Waals surface area contributed by atoms with Gasteiger partial charge in [0.25, 0.3) is 10.0 Å². The third-order valence-electron chi connectivity index (χ3n) is 4.36. The number of sulfonamides is 1. The van der Waals surface area contributed by atoms with Crippen LogP contribution in [0.3, 0.4) is 0 Å². The molecule has 0 spiro atoms. The van der Waals surface area contributed by atoms with E-state index < -0.39 is 10.0 Å². The monoisotopic (exact) mass is 391 g/mol. The Labute approximate surface area is 160 Å². The Morgan fingerprint density at radius 1 is 1.19 bits per heavy atom. The molecule has 1 aliphatic rings. The SMILES string of the molecule is COc1ccc(S(=O)(=O)Nc2ccc3c(c2)OCCN3CCN(C)C)cc1. The van der Waals surface area contributed by atoms with Gasteiger partial charge < -0.3 is 19.3 Å². The fourth-order valence-corrected chi connectivity index (χ4v) is 3.91. The number of likely N-dealkylation sites (N-methyl/N-ethyl adjacent to an activating group) is 1. The summed E-state index contributed by atoms with van der Waals surface area (Å²) in [5.74, 6) is 1.30. The van der Waals surface area contributed by atoms with E-state index in [1.54, 1.807) is 24.3 Å². The van der Waals surface area contributed by atoms with Crippen LogP contribution in [0.5, 0.6) is 11.5 Å². The van der Waals surface area contributed by atoms with Crippen molar-refractivity contribution in [1.29, 1.82) is 0 Å². The highest BCUT2D eigenvalue weighted by molar-refractivity contribution is 7.92. The molecule has 146 valence electrons. The highest BCUT2D eigenvalue weighted by Gasteiger charge is 2.20. The zero-order chi connectivity index (χ0) is 19.4. The number of ether oxygens (including phenoxy) is 2.